The zero-order valence-electron chi connectivity index (χ0n) is 12.1. The zero-order valence-corrected chi connectivity index (χ0v) is 13.7. The molecule has 2 rings (SSSR count). The van der Waals surface area contributed by atoms with Gasteiger partial charge in [0.2, 0.25) is 5.91 Å². The van der Waals surface area contributed by atoms with Crippen LogP contribution in [0.15, 0.2) is 59.1 Å². The Balaban J connectivity index is 2.30. The Labute approximate surface area is 140 Å². The van der Waals surface area contributed by atoms with Crippen molar-refractivity contribution in [1.29, 1.82) is 0 Å². The molecule has 0 unspecified atom stereocenters. The van der Waals surface area contributed by atoms with Gasteiger partial charge in [-0.1, -0.05) is 46.3 Å². The van der Waals surface area contributed by atoms with Crippen molar-refractivity contribution in [3.63, 3.8) is 0 Å². The van der Waals surface area contributed by atoms with E-state index in [0.29, 0.717) is 11.8 Å². The number of halogens is 4. The van der Waals surface area contributed by atoms with E-state index in [2.05, 4.69) is 21.2 Å². The van der Waals surface area contributed by atoms with Gasteiger partial charge in [-0.3, -0.25) is 4.79 Å². The number of benzene rings is 2. The molecule has 2 aromatic carbocycles. The molecule has 0 saturated carbocycles. The van der Waals surface area contributed by atoms with Crippen molar-refractivity contribution in [2.75, 3.05) is 5.32 Å². The van der Waals surface area contributed by atoms with Gasteiger partial charge >= 0.3 is 6.18 Å². The summed E-state index contributed by atoms with van der Waals surface area (Å²) in [6.07, 6.45) is -4.04. The number of rotatable bonds is 3. The number of carbonyl (C=O) groups excluding carboxylic acids is 1. The number of hydrogen-bond acceptors (Lipinski definition) is 1. The van der Waals surface area contributed by atoms with Crippen LogP contribution in [0.2, 0.25) is 0 Å². The Kier molecular flexibility index (Phi) is 5.26. The first kappa shape index (κ1) is 17.3. The Morgan fingerprint density at radius 2 is 1.78 bits per heavy atom. The normalized spacial score (nSPS) is 12.1. The number of nitrogens with one attached hydrogen (secondary N) is 1. The minimum Gasteiger partial charge on any atom is -0.322 e. The van der Waals surface area contributed by atoms with Crippen molar-refractivity contribution in [1.82, 2.24) is 0 Å². The average Bonchev–Trinajstić information content (AvgIpc) is 2.47. The molecule has 0 aromatic heterocycles. The topological polar surface area (TPSA) is 29.1 Å². The first-order chi connectivity index (χ1) is 10.8. The number of alkyl halides is 3. The molecule has 0 aliphatic heterocycles. The number of anilines is 1. The van der Waals surface area contributed by atoms with Gasteiger partial charge in [-0.05, 0) is 36.2 Å². The molecule has 0 radical (unpaired) electrons. The summed E-state index contributed by atoms with van der Waals surface area (Å²) in [5.41, 5.74) is 0.173. The Bertz CT molecular complexity index is 739. The second-order valence-electron chi connectivity index (χ2n) is 4.87. The van der Waals surface area contributed by atoms with E-state index in [1.165, 1.54) is 24.3 Å². The van der Waals surface area contributed by atoms with Crippen LogP contribution < -0.4 is 5.32 Å². The zero-order chi connectivity index (χ0) is 17.0. The lowest BCUT2D eigenvalue weighted by atomic mass is 10.0. The lowest BCUT2D eigenvalue weighted by Gasteiger charge is -2.12. The predicted octanol–water partition coefficient (Wildman–Crippen LogP) is 5.34. The molecule has 120 valence electrons. The lowest BCUT2D eigenvalue weighted by molar-refractivity contribution is -0.112. The van der Waals surface area contributed by atoms with Gasteiger partial charge < -0.3 is 5.32 Å². The van der Waals surface area contributed by atoms with E-state index in [-0.39, 0.29) is 5.56 Å². The van der Waals surface area contributed by atoms with Crippen LogP contribution in [0.1, 0.15) is 11.1 Å². The molecule has 6 heteroatoms. The molecule has 1 N–H and O–H groups in total. The molecule has 0 atom stereocenters. The van der Waals surface area contributed by atoms with Crippen LogP contribution >= 0.6 is 15.9 Å². The summed E-state index contributed by atoms with van der Waals surface area (Å²) in [5, 5.41) is 2.47. The maximum absolute atomic E-state index is 13.2. The van der Waals surface area contributed by atoms with Gasteiger partial charge in [0.15, 0.2) is 0 Å². The molecular weight excluding hydrogens is 371 g/mol. The van der Waals surface area contributed by atoms with Crippen molar-refractivity contribution >= 4 is 33.1 Å². The maximum Gasteiger partial charge on any atom is 0.417 e. The minimum absolute atomic E-state index is 0.0531. The Morgan fingerprint density at radius 3 is 2.35 bits per heavy atom. The minimum atomic E-state index is -4.62. The van der Waals surface area contributed by atoms with E-state index in [1.54, 1.807) is 31.2 Å². The first-order valence-electron chi connectivity index (χ1n) is 6.69. The summed E-state index contributed by atoms with van der Waals surface area (Å²) in [6, 6.07) is 12.3. The third-order valence-corrected chi connectivity index (χ3v) is 3.61. The van der Waals surface area contributed by atoms with E-state index in [4.69, 9.17) is 0 Å². The summed E-state index contributed by atoms with van der Waals surface area (Å²) < 4.78 is 40.4. The van der Waals surface area contributed by atoms with E-state index < -0.39 is 17.7 Å². The largest absolute Gasteiger partial charge is 0.417 e. The number of aryl methyl sites for hydroxylation is 1. The fourth-order valence-corrected chi connectivity index (χ4v) is 2.49. The summed E-state index contributed by atoms with van der Waals surface area (Å²) in [7, 11) is 0. The number of amides is 1. The summed E-state index contributed by atoms with van der Waals surface area (Å²) >= 11 is 3.29. The van der Waals surface area contributed by atoms with Gasteiger partial charge in [-0.2, -0.15) is 13.2 Å². The molecule has 1 amide bonds. The lowest BCUT2D eigenvalue weighted by Crippen LogP contribution is -2.16. The van der Waals surface area contributed by atoms with Crippen LogP contribution in [-0.2, 0) is 4.79 Å². The summed E-state index contributed by atoms with van der Waals surface area (Å²) in [6.45, 7) is 1.76. The van der Waals surface area contributed by atoms with Crippen LogP contribution in [0.3, 0.4) is 0 Å². The maximum atomic E-state index is 13.2. The van der Waals surface area contributed by atoms with Crippen LogP contribution in [-0.4, -0.2) is 12.1 Å². The van der Waals surface area contributed by atoms with Crippen LogP contribution in [0.4, 0.5) is 18.9 Å². The quantitative estimate of drug-likeness (QED) is 0.711. The average molecular weight is 384 g/mol. The SMILES string of the molecule is Cc1cc(Br)ccc1NC(=O)/C=C(/c1ccccc1)C(F)(F)F. The van der Waals surface area contributed by atoms with E-state index in [0.717, 1.165) is 10.0 Å². The molecule has 0 heterocycles. The molecule has 0 saturated heterocycles. The van der Waals surface area contributed by atoms with Crippen LogP contribution in [0, 0.1) is 6.92 Å². The van der Waals surface area contributed by atoms with E-state index in [9.17, 15) is 18.0 Å². The second-order valence-corrected chi connectivity index (χ2v) is 5.79. The molecule has 0 bridgehead atoms. The van der Waals surface area contributed by atoms with Crippen LogP contribution in [0.5, 0.6) is 0 Å². The third kappa shape index (κ3) is 4.69. The van der Waals surface area contributed by atoms with E-state index in [1.807, 2.05) is 0 Å². The van der Waals surface area contributed by atoms with Gasteiger partial charge in [0.1, 0.15) is 0 Å². The molecule has 0 aliphatic carbocycles. The van der Waals surface area contributed by atoms with Crippen molar-refractivity contribution in [3.05, 3.63) is 70.2 Å². The highest BCUT2D eigenvalue weighted by Crippen LogP contribution is 2.33. The summed E-state index contributed by atoms with van der Waals surface area (Å²) in [5.74, 6) is -0.827. The highest BCUT2D eigenvalue weighted by molar-refractivity contribution is 9.10. The third-order valence-electron chi connectivity index (χ3n) is 3.11. The van der Waals surface area contributed by atoms with Crippen molar-refractivity contribution in [3.8, 4) is 0 Å². The van der Waals surface area contributed by atoms with Crippen LogP contribution in [0.25, 0.3) is 5.57 Å². The van der Waals surface area contributed by atoms with Gasteiger partial charge in [0, 0.05) is 16.2 Å². The molecule has 0 aliphatic rings. The van der Waals surface area contributed by atoms with E-state index >= 15 is 0 Å². The summed E-state index contributed by atoms with van der Waals surface area (Å²) in [4.78, 5) is 12.0. The first-order valence-corrected chi connectivity index (χ1v) is 7.48. The number of allylic oxidation sites excluding steroid dienone is 1. The standard InChI is InChI=1S/C17H13BrF3NO/c1-11-9-13(18)7-8-15(11)22-16(23)10-14(17(19,20)21)12-5-3-2-4-6-12/h2-10H,1H3,(H,22,23)/b14-10-. The van der Waals surface area contributed by atoms with Gasteiger partial charge in [0.05, 0.1) is 5.57 Å². The molecule has 2 aromatic rings. The second kappa shape index (κ2) is 7.00. The predicted molar refractivity (Wildman–Crippen MR) is 88.0 cm³/mol. The number of hydrogen-bond donors (Lipinski definition) is 1. The fourth-order valence-electron chi connectivity index (χ4n) is 2.01. The van der Waals surface area contributed by atoms with Gasteiger partial charge in [-0.15, -0.1) is 0 Å². The molecular formula is C17H13BrF3NO. The highest BCUT2D eigenvalue weighted by Gasteiger charge is 2.35. The smallest absolute Gasteiger partial charge is 0.322 e. The fraction of sp³-hybridized carbons (Fsp3) is 0.118. The van der Waals surface area contributed by atoms with Gasteiger partial charge in [-0.25, -0.2) is 0 Å². The monoisotopic (exact) mass is 383 g/mol. The Morgan fingerprint density at radius 1 is 1.13 bits per heavy atom. The van der Waals surface area contributed by atoms with Crippen molar-refractivity contribution < 1.29 is 18.0 Å². The molecule has 23 heavy (non-hydrogen) atoms. The van der Waals surface area contributed by atoms with Gasteiger partial charge in [0.25, 0.3) is 0 Å². The molecule has 0 spiro atoms. The van der Waals surface area contributed by atoms with Crippen molar-refractivity contribution in [2.24, 2.45) is 0 Å². The molecule has 0 fully saturated rings. The molecule has 2 nitrogen and oxygen atoms in total. The Hall–Kier alpha value is -2.08. The highest BCUT2D eigenvalue weighted by atomic mass is 79.9. The van der Waals surface area contributed by atoms with Crippen molar-refractivity contribution in [2.45, 2.75) is 13.1 Å². The number of carbonyl (C=O) groups is 1.